The SMILES string of the molecule is CC(C)[C@@H](NC(=O)c1ccccc1)C(=O)O[C@H](C)C(=O)Nc1ccc(S(N)(=O)=O)cc1. The van der Waals surface area contributed by atoms with Crippen LogP contribution in [0.3, 0.4) is 0 Å². The van der Waals surface area contributed by atoms with Crippen LogP contribution in [0.2, 0.25) is 0 Å². The molecule has 0 saturated heterocycles. The first-order chi connectivity index (χ1) is 14.5. The van der Waals surface area contributed by atoms with E-state index >= 15 is 0 Å². The highest BCUT2D eigenvalue weighted by atomic mass is 32.2. The van der Waals surface area contributed by atoms with Gasteiger partial charge in [0.1, 0.15) is 6.04 Å². The largest absolute Gasteiger partial charge is 0.451 e. The Labute approximate surface area is 181 Å². The molecule has 0 fully saturated rings. The van der Waals surface area contributed by atoms with Crippen LogP contribution in [0.4, 0.5) is 5.69 Å². The maximum absolute atomic E-state index is 12.6. The van der Waals surface area contributed by atoms with Crippen LogP contribution >= 0.6 is 0 Å². The number of amides is 2. The van der Waals surface area contributed by atoms with Gasteiger partial charge in [0.25, 0.3) is 11.8 Å². The molecule has 0 aliphatic rings. The Morgan fingerprint density at radius 2 is 1.52 bits per heavy atom. The van der Waals surface area contributed by atoms with E-state index in [2.05, 4.69) is 10.6 Å². The number of nitrogens with two attached hydrogens (primary N) is 1. The van der Waals surface area contributed by atoms with Crippen LogP contribution in [0.15, 0.2) is 59.5 Å². The lowest BCUT2D eigenvalue weighted by molar-refractivity contribution is -0.156. The Hall–Kier alpha value is -3.24. The molecule has 2 amide bonds. The van der Waals surface area contributed by atoms with E-state index in [0.717, 1.165) is 0 Å². The molecule has 10 heteroatoms. The third-order valence-electron chi connectivity index (χ3n) is 4.36. The number of rotatable bonds is 8. The minimum Gasteiger partial charge on any atom is -0.451 e. The van der Waals surface area contributed by atoms with Gasteiger partial charge in [-0.05, 0) is 49.2 Å². The van der Waals surface area contributed by atoms with E-state index in [1.54, 1.807) is 44.2 Å². The van der Waals surface area contributed by atoms with Crippen molar-refractivity contribution in [3.63, 3.8) is 0 Å². The maximum Gasteiger partial charge on any atom is 0.329 e. The van der Waals surface area contributed by atoms with Gasteiger partial charge in [0.05, 0.1) is 4.90 Å². The van der Waals surface area contributed by atoms with E-state index < -0.39 is 40.0 Å². The number of esters is 1. The molecule has 0 aromatic heterocycles. The van der Waals surface area contributed by atoms with Crippen molar-refractivity contribution in [3.8, 4) is 0 Å². The molecule has 0 aliphatic heterocycles. The smallest absolute Gasteiger partial charge is 0.329 e. The second-order valence-electron chi connectivity index (χ2n) is 7.20. The zero-order valence-corrected chi connectivity index (χ0v) is 18.2. The molecule has 2 atom stereocenters. The van der Waals surface area contributed by atoms with Gasteiger partial charge in [-0.25, -0.2) is 18.4 Å². The lowest BCUT2D eigenvalue weighted by atomic mass is 10.0. The summed E-state index contributed by atoms with van der Waals surface area (Å²) in [5.74, 6) is -2.07. The quantitative estimate of drug-likeness (QED) is 0.525. The van der Waals surface area contributed by atoms with Crippen molar-refractivity contribution in [1.82, 2.24) is 5.32 Å². The third-order valence-corrected chi connectivity index (χ3v) is 5.28. The average Bonchev–Trinajstić information content (AvgIpc) is 2.71. The summed E-state index contributed by atoms with van der Waals surface area (Å²) in [5, 5.41) is 10.2. The number of carbonyl (C=O) groups is 3. The Morgan fingerprint density at radius 3 is 2.03 bits per heavy atom. The molecule has 0 aliphatic carbocycles. The Bertz CT molecular complexity index is 1040. The number of nitrogens with one attached hydrogen (secondary N) is 2. The molecular formula is C21H25N3O6S. The summed E-state index contributed by atoms with van der Waals surface area (Å²) < 4.78 is 27.8. The van der Waals surface area contributed by atoms with Crippen molar-refractivity contribution in [2.24, 2.45) is 11.1 Å². The first kappa shape index (κ1) is 24.0. The minimum atomic E-state index is -3.84. The van der Waals surface area contributed by atoms with Crippen LogP contribution in [0.25, 0.3) is 0 Å². The number of hydrogen-bond acceptors (Lipinski definition) is 6. The van der Waals surface area contributed by atoms with E-state index in [4.69, 9.17) is 9.88 Å². The number of sulfonamides is 1. The molecule has 0 unspecified atom stereocenters. The van der Waals surface area contributed by atoms with Gasteiger partial charge in [-0.15, -0.1) is 0 Å². The summed E-state index contributed by atoms with van der Waals surface area (Å²) in [4.78, 5) is 37.2. The van der Waals surface area contributed by atoms with Crippen molar-refractivity contribution in [2.45, 2.75) is 37.8 Å². The second kappa shape index (κ2) is 10.2. The topological polar surface area (TPSA) is 145 Å². The lowest BCUT2D eigenvalue weighted by Crippen LogP contribution is -2.47. The average molecular weight is 448 g/mol. The van der Waals surface area contributed by atoms with Crippen molar-refractivity contribution < 1.29 is 27.5 Å². The van der Waals surface area contributed by atoms with Crippen molar-refractivity contribution >= 4 is 33.5 Å². The van der Waals surface area contributed by atoms with Gasteiger partial charge in [0.2, 0.25) is 10.0 Å². The van der Waals surface area contributed by atoms with Gasteiger partial charge >= 0.3 is 5.97 Å². The first-order valence-corrected chi connectivity index (χ1v) is 11.0. The van der Waals surface area contributed by atoms with E-state index in [-0.39, 0.29) is 10.8 Å². The summed E-state index contributed by atoms with van der Waals surface area (Å²) in [5.41, 5.74) is 0.702. The van der Waals surface area contributed by atoms with Crippen molar-refractivity contribution in [2.75, 3.05) is 5.32 Å². The van der Waals surface area contributed by atoms with Crippen LogP contribution in [0.5, 0.6) is 0 Å². The summed E-state index contributed by atoms with van der Waals surface area (Å²) >= 11 is 0. The Kier molecular flexibility index (Phi) is 7.89. The number of ether oxygens (including phenoxy) is 1. The van der Waals surface area contributed by atoms with Gasteiger partial charge < -0.3 is 15.4 Å². The molecule has 0 heterocycles. The third kappa shape index (κ3) is 6.90. The molecule has 4 N–H and O–H groups in total. The highest BCUT2D eigenvalue weighted by molar-refractivity contribution is 7.89. The van der Waals surface area contributed by atoms with Crippen molar-refractivity contribution in [1.29, 1.82) is 0 Å². The van der Waals surface area contributed by atoms with Gasteiger partial charge in [0, 0.05) is 11.3 Å². The number of hydrogen-bond donors (Lipinski definition) is 3. The Morgan fingerprint density at radius 1 is 0.935 bits per heavy atom. The van der Waals surface area contributed by atoms with E-state index in [1.807, 2.05) is 0 Å². The van der Waals surface area contributed by atoms with E-state index in [9.17, 15) is 22.8 Å². The Balaban J connectivity index is 1.99. The molecule has 0 saturated carbocycles. The fourth-order valence-electron chi connectivity index (χ4n) is 2.58. The predicted octanol–water partition coefficient (Wildman–Crippen LogP) is 1.66. The number of primary sulfonamides is 1. The fourth-order valence-corrected chi connectivity index (χ4v) is 3.10. The maximum atomic E-state index is 12.6. The molecule has 31 heavy (non-hydrogen) atoms. The van der Waals surface area contributed by atoms with Crippen LogP contribution < -0.4 is 15.8 Å². The molecule has 9 nitrogen and oxygen atoms in total. The summed E-state index contributed by atoms with van der Waals surface area (Å²) in [6, 6.07) is 12.7. The van der Waals surface area contributed by atoms with E-state index in [0.29, 0.717) is 11.3 Å². The lowest BCUT2D eigenvalue weighted by Gasteiger charge is -2.23. The van der Waals surface area contributed by atoms with Crippen LogP contribution in [-0.4, -0.2) is 38.3 Å². The fraction of sp³-hybridized carbons (Fsp3) is 0.286. The minimum absolute atomic E-state index is 0.0982. The van der Waals surface area contributed by atoms with Crippen molar-refractivity contribution in [3.05, 3.63) is 60.2 Å². The van der Waals surface area contributed by atoms with Gasteiger partial charge in [0.15, 0.2) is 6.10 Å². The molecule has 2 rings (SSSR count). The van der Waals surface area contributed by atoms with Gasteiger partial charge in [-0.1, -0.05) is 32.0 Å². The van der Waals surface area contributed by atoms with E-state index in [1.165, 1.54) is 31.2 Å². The molecule has 166 valence electrons. The van der Waals surface area contributed by atoms with Gasteiger partial charge in [-0.3, -0.25) is 9.59 Å². The second-order valence-corrected chi connectivity index (χ2v) is 8.76. The van der Waals surface area contributed by atoms with Gasteiger partial charge in [-0.2, -0.15) is 0 Å². The number of benzene rings is 2. The molecule has 0 spiro atoms. The predicted molar refractivity (Wildman–Crippen MR) is 115 cm³/mol. The molecule has 2 aromatic rings. The number of carbonyl (C=O) groups excluding carboxylic acids is 3. The van der Waals surface area contributed by atoms with Crippen LogP contribution in [-0.2, 0) is 24.3 Å². The monoisotopic (exact) mass is 447 g/mol. The summed E-state index contributed by atoms with van der Waals surface area (Å²) in [7, 11) is -3.84. The highest BCUT2D eigenvalue weighted by Crippen LogP contribution is 2.14. The van der Waals surface area contributed by atoms with Crippen LogP contribution in [0.1, 0.15) is 31.1 Å². The summed E-state index contributed by atoms with van der Waals surface area (Å²) in [6.07, 6.45) is -1.15. The first-order valence-electron chi connectivity index (χ1n) is 9.49. The molecule has 0 radical (unpaired) electrons. The highest BCUT2D eigenvalue weighted by Gasteiger charge is 2.29. The molecule has 2 aromatic carbocycles. The zero-order chi connectivity index (χ0) is 23.2. The number of anilines is 1. The van der Waals surface area contributed by atoms with Crippen LogP contribution in [0, 0.1) is 5.92 Å². The molecular weight excluding hydrogens is 422 g/mol. The normalized spacial score (nSPS) is 13.2. The molecule has 0 bridgehead atoms. The summed E-state index contributed by atoms with van der Waals surface area (Å²) in [6.45, 7) is 4.88. The zero-order valence-electron chi connectivity index (χ0n) is 17.4. The standard InChI is InChI=1S/C21H25N3O6S/c1-13(2)18(24-20(26)15-7-5-4-6-8-15)21(27)30-14(3)19(25)23-16-9-11-17(12-10-16)31(22,28)29/h4-14,18H,1-3H3,(H,23,25)(H,24,26)(H2,22,28,29)/t14-,18-/m1/s1.